The summed E-state index contributed by atoms with van der Waals surface area (Å²) in [5.41, 5.74) is 8.64. The largest absolute Gasteiger partial charge is 0.473 e. The minimum absolute atomic E-state index is 0.157. The van der Waals surface area contributed by atoms with Crippen LogP contribution in [-0.4, -0.2) is 55.7 Å². The minimum Gasteiger partial charge on any atom is -0.473 e. The number of halogens is 2. The molecule has 2 aromatic carbocycles. The van der Waals surface area contributed by atoms with Crippen LogP contribution in [0.5, 0.6) is 11.6 Å². The molecule has 2 heterocycles. The fourth-order valence-electron chi connectivity index (χ4n) is 3.72. The van der Waals surface area contributed by atoms with Gasteiger partial charge in [0.05, 0.1) is 29.3 Å². The van der Waals surface area contributed by atoms with E-state index in [9.17, 15) is 17.9 Å². The summed E-state index contributed by atoms with van der Waals surface area (Å²) in [7, 11) is -3.38. The number of fused-ring (bicyclic) bond motifs is 1. The van der Waals surface area contributed by atoms with Crippen molar-refractivity contribution in [3.63, 3.8) is 0 Å². The number of ether oxygens (including phenoxy) is 2. The van der Waals surface area contributed by atoms with Gasteiger partial charge in [0, 0.05) is 18.4 Å². The predicted molar refractivity (Wildman–Crippen MR) is 157 cm³/mol. The van der Waals surface area contributed by atoms with Crippen LogP contribution >= 0.6 is 10.6 Å². The van der Waals surface area contributed by atoms with Crippen LogP contribution in [0.3, 0.4) is 0 Å². The van der Waals surface area contributed by atoms with Gasteiger partial charge in [-0.05, 0) is 61.9 Å². The summed E-state index contributed by atoms with van der Waals surface area (Å²) in [4.78, 5) is 21.5. The highest BCUT2D eigenvalue weighted by atomic mass is 32.3. The summed E-state index contributed by atoms with van der Waals surface area (Å²) in [5.74, 6) is 0.257. The first-order chi connectivity index (χ1) is 19.5. The van der Waals surface area contributed by atoms with Crippen molar-refractivity contribution in [2.75, 3.05) is 11.6 Å². The third-order valence-electron chi connectivity index (χ3n) is 5.48. The Balaban J connectivity index is 1.64. The fourth-order valence-corrected chi connectivity index (χ4v) is 4.56. The van der Waals surface area contributed by atoms with Crippen molar-refractivity contribution >= 4 is 45.9 Å². The molecule has 4 aromatic rings. The predicted octanol–water partition coefficient (Wildman–Crippen LogP) is 6.08. The molecule has 0 aliphatic rings. The van der Waals surface area contributed by atoms with Crippen LogP contribution in [0.25, 0.3) is 22.3 Å². The highest BCUT2D eigenvalue weighted by molar-refractivity contribution is 8.23. The van der Waals surface area contributed by atoms with E-state index >= 15 is 0 Å². The van der Waals surface area contributed by atoms with Crippen molar-refractivity contribution in [1.82, 2.24) is 15.0 Å². The van der Waals surface area contributed by atoms with Gasteiger partial charge in [-0.1, -0.05) is 12.1 Å². The smallest absolute Gasteiger partial charge is 0.387 e. The van der Waals surface area contributed by atoms with Crippen LogP contribution in [0.2, 0.25) is 0 Å². The lowest BCUT2D eigenvalue weighted by molar-refractivity contribution is -0.0518. The molecule has 216 valence electrons. The van der Waals surface area contributed by atoms with E-state index in [1.165, 1.54) is 24.5 Å². The molecule has 11 nitrogen and oxygen atoms in total. The first-order valence-corrected chi connectivity index (χ1v) is 14.3. The maximum atomic E-state index is 12.9. The number of aromatic nitrogens is 3. The van der Waals surface area contributed by atoms with Gasteiger partial charge in [0.15, 0.2) is 5.52 Å². The normalized spacial score (nSPS) is 12.6. The zero-order valence-electron chi connectivity index (χ0n) is 22.4. The number of hydrogen-bond donors (Lipinski definition) is 4. The molecular formula is C27H29F2N7O4S. The molecule has 0 unspecified atom stereocenters. The maximum Gasteiger partial charge on any atom is 0.387 e. The number of benzene rings is 2. The van der Waals surface area contributed by atoms with Crippen molar-refractivity contribution in [3.8, 4) is 22.9 Å². The SMILES string of the molecule is CC(C)Oc1nc(NCc2ccc(N=CN=CN)cc2)nc2ccc(-c3ccc(OC(F)F)c(S(C)(O)O)c3)nc12. The van der Waals surface area contributed by atoms with Crippen molar-refractivity contribution in [2.45, 2.75) is 38.0 Å². The average molecular weight is 586 g/mol. The Morgan fingerprint density at radius 3 is 2.44 bits per heavy atom. The summed E-state index contributed by atoms with van der Waals surface area (Å²) in [6.45, 7) is 1.02. The van der Waals surface area contributed by atoms with E-state index in [2.05, 4.69) is 35.0 Å². The second-order valence-electron chi connectivity index (χ2n) is 9.02. The van der Waals surface area contributed by atoms with Crippen LogP contribution in [0.15, 0.2) is 69.5 Å². The molecule has 0 amide bonds. The lowest BCUT2D eigenvalue weighted by Crippen LogP contribution is -2.11. The molecule has 0 fully saturated rings. The highest BCUT2D eigenvalue weighted by Gasteiger charge is 2.21. The summed E-state index contributed by atoms with van der Waals surface area (Å²) in [6.07, 6.45) is 3.44. The van der Waals surface area contributed by atoms with E-state index in [1.807, 2.05) is 38.1 Å². The molecule has 0 atom stereocenters. The first kappa shape index (κ1) is 29.6. The summed E-state index contributed by atoms with van der Waals surface area (Å²) in [5, 5.41) is 3.19. The Hall–Kier alpha value is -4.40. The number of rotatable bonds is 11. The van der Waals surface area contributed by atoms with Crippen LogP contribution in [0.4, 0.5) is 20.4 Å². The molecule has 41 heavy (non-hydrogen) atoms. The van der Waals surface area contributed by atoms with Crippen LogP contribution in [0, 0.1) is 0 Å². The second kappa shape index (κ2) is 12.8. The van der Waals surface area contributed by atoms with Crippen molar-refractivity contribution in [2.24, 2.45) is 15.7 Å². The van der Waals surface area contributed by atoms with Gasteiger partial charge in [0.1, 0.15) is 17.0 Å². The van der Waals surface area contributed by atoms with Crippen molar-refractivity contribution < 1.29 is 27.4 Å². The lowest BCUT2D eigenvalue weighted by atomic mass is 10.1. The van der Waals surface area contributed by atoms with Gasteiger partial charge in [-0.2, -0.15) is 24.4 Å². The Kier molecular flexibility index (Phi) is 9.27. The van der Waals surface area contributed by atoms with Crippen LogP contribution < -0.4 is 20.5 Å². The van der Waals surface area contributed by atoms with E-state index in [1.54, 1.807) is 12.1 Å². The number of nitrogens with zero attached hydrogens (tertiary/aromatic N) is 5. The van der Waals surface area contributed by atoms with Gasteiger partial charge < -0.3 is 20.5 Å². The number of hydrogen-bond acceptors (Lipinski definition) is 9. The standard InChI is InChI=1S/C27H29F2N7O4S/c1-16(2)39-25-24-21(35-27(36-25)32-13-17-4-7-19(8-5-17)33-15-31-14-30)10-9-20(34-24)18-6-11-22(40-26(28)29)23(12-18)41(3,37)38/h4-12,14-16,26,37-38H,13H2,1-3H3,(H2,30,31,33)(H,32,35,36). The molecule has 0 saturated carbocycles. The Labute approximate surface area is 236 Å². The minimum atomic E-state index is -3.38. The number of nitrogens with two attached hydrogens (primary N) is 1. The average Bonchev–Trinajstić information content (AvgIpc) is 2.91. The molecular weight excluding hydrogens is 556 g/mol. The van der Waals surface area contributed by atoms with E-state index in [4.69, 9.17) is 10.5 Å². The van der Waals surface area contributed by atoms with Gasteiger partial charge in [-0.25, -0.2) is 20.0 Å². The molecule has 5 N–H and O–H groups in total. The number of alkyl halides is 2. The van der Waals surface area contributed by atoms with Crippen LogP contribution in [-0.2, 0) is 6.54 Å². The molecule has 0 saturated heterocycles. The van der Waals surface area contributed by atoms with E-state index < -0.39 is 17.2 Å². The maximum absolute atomic E-state index is 12.9. The molecule has 0 aliphatic carbocycles. The zero-order valence-corrected chi connectivity index (χ0v) is 23.2. The zero-order chi connectivity index (χ0) is 29.6. The number of anilines is 1. The summed E-state index contributed by atoms with van der Waals surface area (Å²) < 4.78 is 56.6. The quantitative estimate of drug-likeness (QED) is 0.121. The van der Waals surface area contributed by atoms with Crippen LogP contribution in [0.1, 0.15) is 19.4 Å². The topological polar surface area (TPSA) is 160 Å². The van der Waals surface area contributed by atoms with E-state index in [0.29, 0.717) is 34.8 Å². The third kappa shape index (κ3) is 7.84. The molecule has 14 heteroatoms. The van der Waals surface area contributed by atoms with Crippen molar-refractivity contribution in [1.29, 1.82) is 0 Å². The van der Waals surface area contributed by atoms with E-state index in [-0.39, 0.29) is 22.6 Å². The molecule has 4 rings (SSSR count). The van der Waals surface area contributed by atoms with Gasteiger partial charge in [-0.3, -0.25) is 9.11 Å². The second-order valence-corrected chi connectivity index (χ2v) is 11.1. The van der Waals surface area contributed by atoms with Gasteiger partial charge in [0.25, 0.3) is 0 Å². The molecule has 0 radical (unpaired) electrons. The Morgan fingerprint density at radius 1 is 1.02 bits per heavy atom. The summed E-state index contributed by atoms with van der Waals surface area (Å²) >= 11 is 0. The first-order valence-electron chi connectivity index (χ1n) is 12.3. The van der Waals surface area contributed by atoms with Gasteiger partial charge in [0.2, 0.25) is 11.8 Å². The number of nitrogens with one attached hydrogen (secondary N) is 1. The molecule has 0 spiro atoms. The van der Waals surface area contributed by atoms with Gasteiger partial charge in [-0.15, -0.1) is 0 Å². The van der Waals surface area contributed by atoms with Crippen molar-refractivity contribution in [3.05, 3.63) is 60.2 Å². The highest BCUT2D eigenvalue weighted by Crippen LogP contribution is 2.50. The van der Waals surface area contributed by atoms with E-state index in [0.717, 1.165) is 23.8 Å². The molecule has 0 aliphatic heterocycles. The third-order valence-corrected chi connectivity index (χ3v) is 6.63. The number of aliphatic imine (C=N–C) groups is 2. The fraction of sp³-hybridized carbons (Fsp3) is 0.222. The summed E-state index contributed by atoms with van der Waals surface area (Å²) in [6, 6.07) is 15.0. The Bertz CT molecular complexity index is 1560. The monoisotopic (exact) mass is 585 g/mol. The number of pyridine rings is 1. The Morgan fingerprint density at radius 2 is 1.78 bits per heavy atom. The molecule has 2 aromatic heterocycles. The molecule has 0 bridgehead atoms. The van der Waals surface area contributed by atoms with Gasteiger partial charge >= 0.3 is 6.61 Å². The lowest BCUT2D eigenvalue weighted by Gasteiger charge is -2.29.